The summed E-state index contributed by atoms with van der Waals surface area (Å²) in [5.74, 6) is -0.152. The highest BCUT2D eigenvalue weighted by Crippen LogP contribution is 2.14. The minimum atomic E-state index is -0.239. The average Bonchev–Trinajstić information content (AvgIpc) is 2.52. The first-order chi connectivity index (χ1) is 10.1. The fourth-order valence-corrected chi connectivity index (χ4v) is 2.04. The lowest BCUT2D eigenvalue weighted by Gasteiger charge is -2.14. The van der Waals surface area contributed by atoms with Gasteiger partial charge in [-0.2, -0.15) is 0 Å². The van der Waals surface area contributed by atoms with Crippen molar-refractivity contribution in [1.29, 1.82) is 0 Å². The van der Waals surface area contributed by atoms with Gasteiger partial charge in [0.15, 0.2) is 5.84 Å². The number of halogens is 1. The van der Waals surface area contributed by atoms with Gasteiger partial charge in [0.2, 0.25) is 0 Å². The van der Waals surface area contributed by atoms with E-state index >= 15 is 0 Å². The Bertz CT molecular complexity index is 626. The molecule has 0 aliphatic carbocycles. The Hall–Kier alpha value is -2.40. The van der Waals surface area contributed by atoms with Gasteiger partial charge >= 0.3 is 0 Å². The Kier molecular flexibility index (Phi) is 4.90. The summed E-state index contributed by atoms with van der Waals surface area (Å²) in [6.45, 7) is 2.64. The van der Waals surface area contributed by atoms with Gasteiger partial charge in [-0.15, -0.1) is 0 Å². The van der Waals surface area contributed by atoms with Gasteiger partial charge in [0.05, 0.1) is 0 Å². The van der Waals surface area contributed by atoms with Gasteiger partial charge in [0, 0.05) is 18.2 Å². The summed E-state index contributed by atoms with van der Waals surface area (Å²) >= 11 is 0. The van der Waals surface area contributed by atoms with Crippen LogP contribution >= 0.6 is 0 Å². The minimum Gasteiger partial charge on any atom is -0.409 e. The Morgan fingerprint density at radius 2 is 2.00 bits per heavy atom. The molecule has 0 saturated carbocycles. The number of oxime groups is 1. The van der Waals surface area contributed by atoms with Crippen LogP contribution < -0.4 is 11.1 Å². The molecule has 1 atom stereocenters. The molecule has 0 aliphatic heterocycles. The van der Waals surface area contributed by atoms with Crippen LogP contribution in [0.25, 0.3) is 0 Å². The van der Waals surface area contributed by atoms with E-state index in [-0.39, 0.29) is 17.7 Å². The fourth-order valence-electron chi connectivity index (χ4n) is 2.04. The van der Waals surface area contributed by atoms with Crippen LogP contribution in [0.15, 0.2) is 53.7 Å². The molecule has 0 spiro atoms. The predicted octanol–water partition coefficient (Wildman–Crippen LogP) is 2.77. The molecule has 2 rings (SSSR count). The van der Waals surface area contributed by atoms with Gasteiger partial charge in [-0.05, 0) is 36.2 Å². The zero-order chi connectivity index (χ0) is 15.2. The lowest BCUT2D eigenvalue weighted by Crippen LogP contribution is -2.19. The predicted molar refractivity (Wildman–Crippen MR) is 80.6 cm³/mol. The molecule has 0 radical (unpaired) electrons. The number of nitrogens with two attached hydrogens (primary N) is 1. The number of benzene rings is 2. The zero-order valence-corrected chi connectivity index (χ0v) is 11.8. The summed E-state index contributed by atoms with van der Waals surface area (Å²) in [5, 5.41) is 15.0. The van der Waals surface area contributed by atoms with Crippen molar-refractivity contribution in [1.82, 2.24) is 5.32 Å². The Labute approximate surface area is 123 Å². The molecule has 0 bridgehead atoms. The van der Waals surface area contributed by atoms with Crippen LogP contribution in [0, 0.1) is 5.82 Å². The van der Waals surface area contributed by atoms with Crippen LogP contribution in [0.2, 0.25) is 0 Å². The molecule has 0 aliphatic rings. The van der Waals surface area contributed by atoms with E-state index in [0.717, 1.165) is 11.1 Å². The second kappa shape index (κ2) is 6.85. The van der Waals surface area contributed by atoms with Crippen molar-refractivity contribution in [3.8, 4) is 0 Å². The molecule has 110 valence electrons. The summed E-state index contributed by atoms with van der Waals surface area (Å²) in [6, 6.07) is 14.0. The first kappa shape index (κ1) is 15.0. The highest BCUT2D eigenvalue weighted by atomic mass is 19.1. The van der Waals surface area contributed by atoms with E-state index < -0.39 is 0 Å². The Morgan fingerprint density at radius 1 is 1.29 bits per heavy atom. The number of amidine groups is 1. The molecule has 5 heteroatoms. The molecular formula is C16H18FN3O. The molecule has 0 heterocycles. The van der Waals surface area contributed by atoms with Gasteiger partial charge in [-0.1, -0.05) is 35.5 Å². The first-order valence-electron chi connectivity index (χ1n) is 6.66. The number of nitrogens with zero attached hydrogens (tertiary/aromatic N) is 1. The van der Waals surface area contributed by atoms with E-state index in [1.807, 2.05) is 25.1 Å². The molecule has 0 saturated heterocycles. The van der Waals surface area contributed by atoms with Crippen molar-refractivity contribution in [3.05, 3.63) is 71.0 Å². The van der Waals surface area contributed by atoms with Crippen molar-refractivity contribution >= 4 is 5.84 Å². The average molecular weight is 287 g/mol. The van der Waals surface area contributed by atoms with Crippen LogP contribution in [-0.4, -0.2) is 11.0 Å². The van der Waals surface area contributed by atoms with E-state index in [9.17, 15) is 4.39 Å². The monoisotopic (exact) mass is 287 g/mol. The maximum Gasteiger partial charge on any atom is 0.170 e. The standard InChI is InChI=1S/C16H18FN3O/c1-11(13-5-7-15(17)8-6-13)19-10-12-3-2-4-14(9-12)16(18)20-21/h2-9,11,19,21H,10H2,1H3,(H2,18,20). The molecule has 0 aromatic heterocycles. The van der Waals surface area contributed by atoms with E-state index in [1.165, 1.54) is 12.1 Å². The van der Waals surface area contributed by atoms with Gasteiger partial charge in [0.25, 0.3) is 0 Å². The molecule has 4 N–H and O–H groups in total. The quantitative estimate of drug-likeness (QED) is 0.343. The maximum atomic E-state index is 12.9. The summed E-state index contributed by atoms with van der Waals surface area (Å²) in [7, 11) is 0. The Balaban J connectivity index is 2.01. The summed E-state index contributed by atoms with van der Waals surface area (Å²) in [6.07, 6.45) is 0. The van der Waals surface area contributed by atoms with Crippen LogP contribution in [0.5, 0.6) is 0 Å². The maximum absolute atomic E-state index is 12.9. The minimum absolute atomic E-state index is 0.0865. The molecule has 4 nitrogen and oxygen atoms in total. The fraction of sp³-hybridized carbons (Fsp3) is 0.188. The Morgan fingerprint density at radius 3 is 2.67 bits per heavy atom. The van der Waals surface area contributed by atoms with Gasteiger partial charge < -0.3 is 16.3 Å². The van der Waals surface area contributed by atoms with E-state index in [4.69, 9.17) is 10.9 Å². The largest absolute Gasteiger partial charge is 0.409 e. The highest BCUT2D eigenvalue weighted by Gasteiger charge is 2.06. The summed E-state index contributed by atoms with van der Waals surface area (Å²) in [5.41, 5.74) is 8.28. The van der Waals surface area contributed by atoms with Gasteiger partial charge in [-0.25, -0.2) is 4.39 Å². The molecule has 0 amide bonds. The number of nitrogens with one attached hydrogen (secondary N) is 1. The van der Waals surface area contributed by atoms with E-state index in [2.05, 4.69) is 10.5 Å². The molecular weight excluding hydrogens is 269 g/mol. The van der Waals surface area contributed by atoms with Crippen molar-refractivity contribution in [2.45, 2.75) is 19.5 Å². The van der Waals surface area contributed by atoms with Crippen LogP contribution in [0.4, 0.5) is 4.39 Å². The molecule has 21 heavy (non-hydrogen) atoms. The van der Waals surface area contributed by atoms with Gasteiger partial charge in [0.1, 0.15) is 5.82 Å². The number of hydrogen-bond donors (Lipinski definition) is 3. The first-order valence-corrected chi connectivity index (χ1v) is 6.66. The topological polar surface area (TPSA) is 70.6 Å². The normalized spacial score (nSPS) is 13.1. The van der Waals surface area contributed by atoms with Crippen molar-refractivity contribution < 1.29 is 9.60 Å². The third kappa shape index (κ3) is 4.03. The number of hydrogen-bond acceptors (Lipinski definition) is 3. The van der Waals surface area contributed by atoms with Crippen LogP contribution in [0.1, 0.15) is 29.7 Å². The van der Waals surface area contributed by atoms with Crippen molar-refractivity contribution in [3.63, 3.8) is 0 Å². The SMILES string of the molecule is CC(NCc1cccc(C(N)=NO)c1)c1ccc(F)cc1. The summed E-state index contributed by atoms with van der Waals surface area (Å²) in [4.78, 5) is 0. The van der Waals surface area contributed by atoms with Crippen molar-refractivity contribution in [2.75, 3.05) is 0 Å². The molecule has 0 fully saturated rings. The molecule has 1 unspecified atom stereocenters. The lowest BCUT2D eigenvalue weighted by atomic mass is 10.1. The molecule has 2 aromatic carbocycles. The van der Waals surface area contributed by atoms with E-state index in [0.29, 0.717) is 12.1 Å². The van der Waals surface area contributed by atoms with Crippen LogP contribution in [0.3, 0.4) is 0 Å². The second-order valence-corrected chi connectivity index (χ2v) is 4.84. The van der Waals surface area contributed by atoms with E-state index in [1.54, 1.807) is 18.2 Å². The number of rotatable bonds is 5. The summed E-state index contributed by atoms with van der Waals surface area (Å²) < 4.78 is 12.9. The molecule has 2 aromatic rings. The van der Waals surface area contributed by atoms with Crippen molar-refractivity contribution in [2.24, 2.45) is 10.9 Å². The van der Waals surface area contributed by atoms with Gasteiger partial charge in [-0.3, -0.25) is 0 Å². The highest BCUT2D eigenvalue weighted by molar-refractivity contribution is 5.97. The smallest absolute Gasteiger partial charge is 0.170 e. The third-order valence-corrected chi connectivity index (χ3v) is 3.31. The van der Waals surface area contributed by atoms with Crippen LogP contribution in [-0.2, 0) is 6.54 Å². The third-order valence-electron chi connectivity index (χ3n) is 3.31. The zero-order valence-electron chi connectivity index (χ0n) is 11.8. The second-order valence-electron chi connectivity index (χ2n) is 4.84. The lowest BCUT2D eigenvalue weighted by molar-refractivity contribution is 0.318.